The molecule has 34 heavy (non-hydrogen) atoms. The zero-order valence-corrected chi connectivity index (χ0v) is 20.8. The van der Waals surface area contributed by atoms with Gasteiger partial charge in [0.1, 0.15) is 24.2 Å². The molecule has 3 atom stereocenters. The van der Waals surface area contributed by atoms with E-state index in [2.05, 4.69) is 21.7 Å². The normalized spacial score (nSPS) is 25.2. The maximum atomic E-state index is 14.1. The van der Waals surface area contributed by atoms with Crippen molar-refractivity contribution in [2.45, 2.75) is 63.0 Å². The lowest BCUT2D eigenvalue weighted by atomic mass is 9.63. The monoisotopic (exact) mass is 481 g/mol. The van der Waals surface area contributed by atoms with Crippen LogP contribution in [0.1, 0.15) is 62.0 Å². The van der Waals surface area contributed by atoms with Crippen molar-refractivity contribution in [3.63, 3.8) is 0 Å². The maximum absolute atomic E-state index is 14.1. The van der Waals surface area contributed by atoms with Gasteiger partial charge in [-0.15, -0.1) is 0 Å². The third kappa shape index (κ3) is 4.42. The average Bonchev–Trinajstić information content (AvgIpc) is 3.47. The number of hydrogen-bond acceptors (Lipinski definition) is 6. The zero-order chi connectivity index (χ0) is 23.5. The van der Waals surface area contributed by atoms with E-state index < -0.39 is 5.54 Å². The van der Waals surface area contributed by atoms with Crippen molar-refractivity contribution < 1.29 is 19.1 Å². The lowest BCUT2D eigenvalue weighted by molar-refractivity contribution is -0.170. The minimum Gasteiger partial charge on any atom is -0.497 e. The summed E-state index contributed by atoms with van der Waals surface area (Å²) in [5.41, 5.74) is 1.56. The van der Waals surface area contributed by atoms with Crippen LogP contribution in [0.25, 0.3) is 0 Å². The molecule has 0 amide bonds. The van der Waals surface area contributed by atoms with Gasteiger partial charge in [-0.2, -0.15) is 11.3 Å². The Hall–Kier alpha value is -2.18. The molecule has 2 saturated carbocycles. The molecule has 1 aromatic heterocycles. The molecule has 1 aliphatic heterocycles. The minimum atomic E-state index is -0.623. The van der Waals surface area contributed by atoms with Crippen LogP contribution in [-0.4, -0.2) is 42.9 Å². The molecule has 2 heterocycles. The van der Waals surface area contributed by atoms with E-state index in [1.165, 1.54) is 31.2 Å². The molecular weight excluding hydrogens is 446 g/mol. The first kappa shape index (κ1) is 23.6. The Balaban J connectivity index is 1.41. The Morgan fingerprint density at radius 2 is 1.88 bits per heavy atom. The van der Waals surface area contributed by atoms with Gasteiger partial charge in [0.15, 0.2) is 0 Å². The molecule has 1 aromatic carbocycles. The van der Waals surface area contributed by atoms with Gasteiger partial charge in [-0.1, -0.05) is 37.8 Å². The van der Waals surface area contributed by atoms with Crippen LogP contribution in [0.5, 0.6) is 5.75 Å². The Morgan fingerprint density at radius 3 is 2.44 bits per heavy atom. The molecule has 0 radical (unpaired) electrons. The lowest BCUT2D eigenvalue weighted by Crippen LogP contribution is -2.62. The fourth-order valence-electron chi connectivity index (χ4n) is 6.08. The van der Waals surface area contributed by atoms with Crippen LogP contribution >= 0.6 is 11.3 Å². The number of benzene rings is 1. The Kier molecular flexibility index (Phi) is 7.07. The van der Waals surface area contributed by atoms with Gasteiger partial charge in [0, 0.05) is 24.9 Å². The van der Waals surface area contributed by atoms with Gasteiger partial charge >= 0.3 is 5.97 Å². The van der Waals surface area contributed by atoms with E-state index in [1.54, 1.807) is 18.4 Å². The fraction of sp³-hybridized carbons (Fsp3) is 0.571. The second-order valence-corrected chi connectivity index (χ2v) is 11.1. The summed E-state index contributed by atoms with van der Waals surface area (Å²) in [7, 11) is 1.65. The summed E-state index contributed by atoms with van der Waals surface area (Å²) in [6, 6.07) is 9.84. The zero-order valence-electron chi connectivity index (χ0n) is 20.0. The van der Waals surface area contributed by atoms with E-state index in [9.17, 15) is 9.59 Å². The molecule has 3 fully saturated rings. The number of carbonyl (C=O) groups excluding carboxylic acids is 2. The maximum Gasteiger partial charge on any atom is 0.327 e. The Labute approximate surface area is 206 Å². The number of methoxy groups -OCH3 is 1. The van der Waals surface area contributed by atoms with Crippen molar-refractivity contribution in [3.8, 4) is 5.75 Å². The number of esters is 1. The summed E-state index contributed by atoms with van der Waals surface area (Å²) in [6.45, 7) is 1.66. The molecule has 5 nitrogen and oxygen atoms in total. The Bertz CT molecular complexity index is 967. The molecule has 2 aromatic rings. The second kappa shape index (κ2) is 10.2. The topological polar surface area (TPSA) is 55.8 Å². The van der Waals surface area contributed by atoms with Gasteiger partial charge in [0.2, 0.25) is 0 Å². The number of likely N-dealkylation sites (tertiary alicyclic amines) is 1. The van der Waals surface area contributed by atoms with Gasteiger partial charge in [0.05, 0.1) is 7.11 Å². The van der Waals surface area contributed by atoms with Crippen LogP contribution in [0.3, 0.4) is 0 Å². The summed E-state index contributed by atoms with van der Waals surface area (Å²) in [5, 5.41) is 4.24. The largest absolute Gasteiger partial charge is 0.497 e. The summed E-state index contributed by atoms with van der Waals surface area (Å²) in [5.74, 6) is 1.66. The lowest BCUT2D eigenvalue weighted by Gasteiger charge is -2.51. The fourth-order valence-corrected chi connectivity index (χ4v) is 6.81. The van der Waals surface area contributed by atoms with Crippen molar-refractivity contribution in [1.29, 1.82) is 0 Å². The van der Waals surface area contributed by atoms with E-state index in [1.807, 2.05) is 24.3 Å². The molecule has 0 spiro atoms. The van der Waals surface area contributed by atoms with Crippen molar-refractivity contribution >= 4 is 23.6 Å². The number of nitrogens with zero attached hydrogens (tertiary/aromatic N) is 1. The minimum absolute atomic E-state index is 0.0789. The number of thiophene rings is 1. The van der Waals surface area contributed by atoms with Crippen LogP contribution in [0.2, 0.25) is 0 Å². The van der Waals surface area contributed by atoms with Crippen LogP contribution in [0.4, 0.5) is 0 Å². The molecule has 0 bridgehead atoms. The number of aldehydes is 1. The second-order valence-electron chi connectivity index (χ2n) is 10.3. The predicted octanol–water partition coefficient (Wildman–Crippen LogP) is 5.44. The highest BCUT2D eigenvalue weighted by atomic mass is 32.1. The van der Waals surface area contributed by atoms with E-state index >= 15 is 0 Å². The summed E-state index contributed by atoms with van der Waals surface area (Å²) in [4.78, 5) is 28.6. The molecule has 2 aliphatic carbocycles. The molecule has 182 valence electrons. The summed E-state index contributed by atoms with van der Waals surface area (Å²) >= 11 is 1.67. The first-order valence-electron chi connectivity index (χ1n) is 12.7. The number of carbonyl (C=O) groups is 2. The third-order valence-electron chi connectivity index (χ3n) is 8.56. The summed E-state index contributed by atoms with van der Waals surface area (Å²) < 4.78 is 11.3. The predicted molar refractivity (Wildman–Crippen MR) is 133 cm³/mol. The third-order valence-corrected chi connectivity index (χ3v) is 9.26. The van der Waals surface area contributed by atoms with Crippen LogP contribution in [0.15, 0.2) is 41.1 Å². The standard InChI is InChI=1S/C28H35NO4S/c1-32-25-10-8-21(9-11-25)18-33-27(31)28(24-6-3-7-24,14-20-4-2-5-20)29-15-23(17-30)26(16-29)22-12-13-34-19-22/h8-13,17,19-20,23-24,26H,2-7,14-16,18H2,1H3/t23-,26-,28-/m1/s1. The Morgan fingerprint density at radius 1 is 1.12 bits per heavy atom. The van der Waals surface area contributed by atoms with Crippen molar-refractivity contribution in [2.24, 2.45) is 17.8 Å². The number of ether oxygens (including phenoxy) is 2. The number of hydrogen-bond donors (Lipinski definition) is 0. The molecule has 0 N–H and O–H groups in total. The quantitative estimate of drug-likeness (QED) is 0.334. The SMILES string of the molecule is COc1ccc(COC(=O)[C@@](CC2CCC2)(C2CCC2)N2C[C@H](c3ccsc3)[C@@H](C=O)C2)cc1. The smallest absolute Gasteiger partial charge is 0.327 e. The molecule has 1 saturated heterocycles. The van der Waals surface area contributed by atoms with Crippen molar-refractivity contribution in [2.75, 3.05) is 20.2 Å². The average molecular weight is 482 g/mol. The van der Waals surface area contributed by atoms with Gasteiger partial charge in [-0.05, 0) is 71.2 Å². The molecule has 3 aliphatic rings. The van der Waals surface area contributed by atoms with Gasteiger partial charge < -0.3 is 14.3 Å². The highest BCUT2D eigenvalue weighted by Crippen LogP contribution is 2.50. The van der Waals surface area contributed by atoms with Crippen LogP contribution < -0.4 is 4.74 Å². The first-order chi connectivity index (χ1) is 16.6. The van der Waals surface area contributed by atoms with E-state index in [-0.39, 0.29) is 24.4 Å². The highest BCUT2D eigenvalue weighted by Gasteiger charge is 2.57. The van der Waals surface area contributed by atoms with Crippen LogP contribution in [0, 0.1) is 17.8 Å². The van der Waals surface area contributed by atoms with Crippen molar-refractivity contribution in [1.82, 2.24) is 4.90 Å². The molecule has 6 heteroatoms. The van der Waals surface area contributed by atoms with Gasteiger partial charge in [-0.3, -0.25) is 9.69 Å². The summed E-state index contributed by atoms with van der Waals surface area (Å²) in [6.07, 6.45) is 8.91. The number of rotatable bonds is 10. The van der Waals surface area contributed by atoms with E-state index in [0.29, 0.717) is 18.4 Å². The molecule has 0 unspecified atom stereocenters. The molecular formula is C28H35NO4S. The first-order valence-corrected chi connectivity index (χ1v) is 13.6. The van der Waals surface area contributed by atoms with Crippen molar-refractivity contribution in [3.05, 3.63) is 52.2 Å². The van der Waals surface area contributed by atoms with Crippen LogP contribution in [-0.2, 0) is 20.9 Å². The van der Waals surface area contributed by atoms with E-state index in [0.717, 1.165) is 43.4 Å². The van der Waals surface area contributed by atoms with Gasteiger partial charge in [0.25, 0.3) is 0 Å². The molecule has 5 rings (SSSR count). The van der Waals surface area contributed by atoms with E-state index in [4.69, 9.17) is 9.47 Å². The van der Waals surface area contributed by atoms with Gasteiger partial charge in [-0.25, -0.2) is 0 Å². The highest BCUT2D eigenvalue weighted by molar-refractivity contribution is 7.08.